The number of aromatic nitrogens is 3. The van der Waals surface area contributed by atoms with E-state index in [1.165, 1.54) is 38.4 Å². The van der Waals surface area contributed by atoms with Gasteiger partial charge in [-0.15, -0.1) is 0 Å². The Kier molecular flexibility index (Phi) is 2.65. The molecule has 4 aliphatic carbocycles. The maximum Gasteiger partial charge on any atom is 0.137 e. The molecule has 4 saturated carbocycles. The zero-order valence-corrected chi connectivity index (χ0v) is 11.7. The van der Waals surface area contributed by atoms with Crippen molar-refractivity contribution in [2.75, 3.05) is 0 Å². The normalized spacial score (nSPS) is 41.3. The minimum absolute atomic E-state index is 0.338. The van der Waals surface area contributed by atoms with Crippen LogP contribution >= 0.6 is 0 Å². The van der Waals surface area contributed by atoms with Crippen LogP contribution in [0.15, 0.2) is 12.7 Å². The Hall–Kier alpha value is -1.41. The van der Waals surface area contributed by atoms with Crippen LogP contribution < -0.4 is 5.73 Å². The summed E-state index contributed by atoms with van der Waals surface area (Å²) >= 11 is 0. The first-order valence-electron chi connectivity index (χ1n) is 7.70. The van der Waals surface area contributed by atoms with E-state index in [0.29, 0.717) is 24.3 Å². The number of hydrogen-bond acceptors (Lipinski definition) is 4. The van der Waals surface area contributed by atoms with Crippen molar-refractivity contribution in [2.24, 2.45) is 35.3 Å². The van der Waals surface area contributed by atoms with E-state index in [2.05, 4.69) is 16.2 Å². The second kappa shape index (κ2) is 4.29. The molecule has 1 unspecified atom stereocenters. The van der Waals surface area contributed by atoms with Gasteiger partial charge in [0.1, 0.15) is 18.2 Å². The van der Waals surface area contributed by atoms with E-state index in [9.17, 15) is 5.26 Å². The molecule has 2 N–H and O–H groups in total. The monoisotopic (exact) mass is 271 g/mol. The van der Waals surface area contributed by atoms with Crippen LogP contribution in [0.5, 0.6) is 0 Å². The highest BCUT2D eigenvalue weighted by Gasteiger charge is 2.55. The molecule has 5 rings (SSSR count). The van der Waals surface area contributed by atoms with E-state index >= 15 is 0 Å². The number of nitriles is 1. The molecule has 4 bridgehead atoms. The Morgan fingerprint density at radius 2 is 1.85 bits per heavy atom. The molecular formula is C15H21N5. The Bertz CT molecular complexity index is 503. The summed E-state index contributed by atoms with van der Waals surface area (Å²) in [6, 6.07) is 2.43. The lowest BCUT2D eigenvalue weighted by molar-refractivity contribution is -0.0620. The third-order valence-electron chi connectivity index (χ3n) is 5.92. The summed E-state index contributed by atoms with van der Waals surface area (Å²) in [6.45, 7) is 0.469. The SMILES string of the molecule is N#CC(N)(Cn1cncn1)C1C2CC3CC(C2)CC1C3. The zero-order valence-electron chi connectivity index (χ0n) is 11.7. The van der Waals surface area contributed by atoms with Crippen LogP contribution in [0.2, 0.25) is 0 Å². The lowest BCUT2D eigenvalue weighted by atomic mass is 9.48. The van der Waals surface area contributed by atoms with Crippen molar-refractivity contribution in [3.63, 3.8) is 0 Å². The van der Waals surface area contributed by atoms with Crippen molar-refractivity contribution in [3.8, 4) is 6.07 Å². The Balaban J connectivity index is 1.63. The molecule has 1 heterocycles. The van der Waals surface area contributed by atoms with Crippen LogP contribution in [0.3, 0.4) is 0 Å². The van der Waals surface area contributed by atoms with Crippen molar-refractivity contribution in [1.82, 2.24) is 14.8 Å². The Morgan fingerprint density at radius 1 is 1.20 bits per heavy atom. The standard InChI is InChI=1S/C15H21N5/c16-6-15(17,7-20-9-18-8-19-20)14-12-2-10-1-11(4-12)5-13(14)3-10/h8-14H,1-5,7,17H2. The summed E-state index contributed by atoms with van der Waals surface area (Å²) < 4.78 is 1.72. The fourth-order valence-electron chi connectivity index (χ4n) is 5.56. The van der Waals surface area contributed by atoms with Gasteiger partial charge in [-0.25, -0.2) is 4.98 Å². The summed E-state index contributed by atoms with van der Waals surface area (Å²) in [6.07, 6.45) is 9.74. The predicted octanol–water partition coefficient (Wildman–Crippen LogP) is 1.57. The van der Waals surface area contributed by atoms with Crippen LogP contribution in [-0.2, 0) is 6.54 Å². The highest BCUT2D eigenvalue weighted by atomic mass is 15.3. The van der Waals surface area contributed by atoms with Gasteiger partial charge < -0.3 is 5.73 Å². The largest absolute Gasteiger partial charge is 0.312 e. The molecule has 0 aromatic carbocycles. The van der Waals surface area contributed by atoms with Crippen LogP contribution in [0.4, 0.5) is 0 Å². The molecule has 1 aromatic rings. The van der Waals surface area contributed by atoms with Crippen LogP contribution in [-0.4, -0.2) is 20.3 Å². The summed E-state index contributed by atoms with van der Waals surface area (Å²) in [5.41, 5.74) is 5.77. The summed E-state index contributed by atoms with van der Waals surface area (Å²) in [4.78, 5) is 3.96. The van der Waals surface area contributed by atoms with E-state index in [4.69, 9.17) is 5.73 Å². The van der Waals surface area contributed by atoms with E-state index in [0.717, 1.165) is 11.8 Å². The van der Waals surface area contributed by atoms with Gasteiger partial charge in [-0.05, 0) is 61.7 Å². The number of hydrogen-bond donors (Lipinski definition) is 1. The molecule has 4 aliphatic rings. The predicted molar refractivity (Wildman–Crippen MR) is 73.1 cm³/mol. The van der Waals surface area contributed by atoms with Crippen molar-refractivity contribution < 1.29 is 0 Å². The topological polar surface area (TPSA) is 80.5 Å². The summed E-state index contributed by atoms with van der Waals surface area (Å²) in [5.74, 6) is 3.45. The van der Waals surface area contributed by atoms with Crippen molar-refractivity contribution in [3.05, 3.63) is 12.7 Å². The molecule has 1 atom stereocenters. The van der Waals surface area contributed by atoms with Gasteiger partial charge in [0.2, 0.25) is 0 Å². The van der Waals surface area contributed by atoms with Gasteiger partial charge in [0, 0.05) is 0 Å². The smallest absolute Gasteiger partial charge is 0.137 e. The molecule has 4 fully saturated rings. The maximum absolute atomic E-state index is 9.73. The maximum atomic E-state index is 9.73. The molecule has 106 valence electrons. The first kappa shape index (κ1) is 12.3. The molecular weight excluding hydrogens is 250 g/mol. The van der Waals surface area contributed by atoms with Crippen LogP contribution in [0.25, 0.3) is 0 Å². The fraction of sp³-hybridized carbons (Fsp3) is 0.800. The number of nitrogens with zero attached hydrogens (tertiary/aromatic N) is 4. The Morgan fingerprint density at radius 3 is 2.35 bits per heavy atom. The average Bonchev–Trinajstić information content (AvgIpc) is 2.90. The molecule has 0 spiro atoms. The molecule has 5 nitrogen and oxygen atoms in total. The summed E-state index contributed by atoms with van der Waals surface area (Å²) in [7, 11) is 0. The molecule has 0 aliphatic heterocycles. The lowest BCUT2D eigenvalue weighted by Gasteiger charge is -2.57. The molecule has 5 heteroatoms. The van der Waals surface area contributed by atoms with Gasteiger partial charge in [0.25, 0.3) is 0 Å². The minimum Gasteiger partial charge on any atom is -0.312 e. The lowest BCUT2D eigenvalue weighted by Crippen LogP contribution is -2.60. The molecule has 0 radical (unpaired) electrons. The second-order valence-electron chi connectivity index (χ2n) is 7.20. The average molecular weight is 271 g/mol. The third kappa shape index (κ3) is 1.78. The van der Waals surface area contributed by atoms with Gasteiger partial charge in [-0.1, -0.05) is 0 Å². The zero-order chi connectivity index (χ0) is 13.7. The first-order valence-corrected chi connectivity index (χ1v) is 7.70. The highest BCUT2D eigenvalue weighted by Crippen LogP contribution is 2.58. The van der Waals surface area contributed by atoms with Crippen molar-refractivity contribution >= 4 is 0 Å². The fourth-order valence-corrected chi connectivity index (χ4v) is 5.56. The van der Waals surface area contributed by atoms with Gasteiger partial charge in [0.15, 0.2) is 0 Å². The van der Waals surface area contributed by atoms with Crippen LogP contribution in [0.1, 0.15) is 32.1 Å². The van der Waals surface area contributed by atoms with Gasteiger partial charge in [-0.3, -0.25) is 4.68 Å². The molecule has 1 aromatic heterocycles. The van der Waals surface area contributed by atoms with E-state index in [1.54, 1.807) is 11.0 Å². The van der Waals surface area contributed by atoms with Crippen LogP contribution in [0, 0.1) is 40.9 Å². The molecule has 0 saturated heterocycles. The first-order chi connectivity index (χ1) is 9.68. The number of nitrogens with two attached hydrogens (primary N) is 1. The third-order valence-corrected chi connectivity index (χ3v) is 5.92. The van der Waals surface area contributed by atoms with Gasteiger partial charge in [-0.2, -0.15) is 10.4 Å². The van der Waals surface area contributed by atoms with E-state index in [-0.39, 0.29) is 0 Å². The summed E-state index contributed by atoms with van der Waals surface area (Å²) in [5, 5.41) is 13.9. The van der Waals surface area contributed by atoms with Gasteiger partial charge in [0.05, 0.1) is 12.6 Å². The second-order valence-corrected chi connectivity index (χ2v) is 7.20. The van der Waals surface area contributed by atoms with Gasteiger partial charge >= 0.3 is 0 Å². The van der Waals surface area contributed by atoms with E-state index < -0.39 is 5.54 Å². The van der Waals surface area contributed by atoms with E-state index in [1.807, 2.05) is 0 Å². The number of rotatable bonds is 3. The van der Waals surface area contributed by atoms with Crippen molar-refractivity contribution in [2.45, 2.75) is 44.2 Å². The molecule has 20 heavy (non-hydrogen) atoms. The molecule has 0 amide bonds. The quantitative estimate of drug-likeness (QED) is 0.905. The minimum atomic E-state index is -0.795. The Labute approximate surface area is 119 Å². The highest BCUT2D eigenvalue weighted by molar-refractivity contribution is 5.15. The van der Waals surface area contributed by atoms with Crippen molar-refractivity contribution in [1.29, 1.82) is 5.26 Å².